The maximum atomic E-state index is 13.9. The van der Waals surface area contributed by atoms with Gasteiger partial charge in [-0.2, -0.15) is 13.2 Å². The average Bonchev–Trinajstić information content (AvgIpc) is 3.09. The minimum Gasteiger partial charge on any atom is -0.497 e. The van der Waals surface area contributed by atoms with Crippen LogP contribution in [0, 0.1) is 0 Å². The largest absolute Gasteiger partial charge is 0.497 e. The van der Waals surface area contributed by atoms with E-state index in [4.69, 9.17) is 15.2 Å². The van der Waals surface area contributed by atoms with Gasteiger partial charge in [0.25, 0.3) is 5.91 Å². The third kappa shape index (κ3) is 3.93. The van der Waals surface area contributed by atoms with Crippen molar-refractivity contribution >= 4 is 11.9 Å². The number of guanidine groups is 1. The van der Waals surface area contributed by atoms with Crippen LogP contribution in [0.15, 0.2) is 77.8 Å². The van der Waals surface area contributed by atoms with Crippen molar-refractivity contribution in [2.45, 2.75) is 18.3 Å². The SMILES string of the molecule is COc1ccc(C2(c3ccc(OC)cc3)N=C(N)N(Cc3ccccc3C(F)(F)F)C2=O)cc1. The molecule has 1 heterocycles. The van der Waals surface area contributed by atoms with Gasteiger partial charge in [-0.3, -0.25) is 9.69 Å². The predicted octanol–water partition coefficient (Wildman–Crippen LogP) is 4.32. The van der Waals surface area contributed by atoms with Gasteiger partial charge in [-0.05, 0) is 47.0 Å². The van der Waals surface area contributed by atoms with Crippen molar-refractivity contribution in [1.82, 2.24) is 4.90 Å². The van der Waals surface area contributed by atoms with Crippen LogP contribution in [0.1, 0.15) is 22.3 Å². The number of carbonyl (C=O) groups excluding carboxylic acids is 1. The van der Waals surface area contributed by atoms with E-state index >= 15 is 0 Å². The second-order valence-corrected chi connectivity index (χ2v) is 7.68. The number of hydrogen-bond donors (Lipinski definition) is 1. The first-order valence-electron chi connectivity index (χ1n) is 10.3. The summed E-state index contributed by atoms with van der Waals surface area (Å²) in [5, 5.41) is 0. The van der Waals surface area contributed by atoms with Gasteiger partial charge in [-0.1, -0.05) is 42.5 Å². The molecule has 0 spiro atoms. The second-order valence-electron chi connectivity index (χ2n) is 7.68. The molecule has 0 aliphatic carbocycles. The number of halogens is 3. The van der Waals surface area contributed by atoms with Crippen molar-refractivity contribution in [3.8, 4) is 11.5 Å². The molecule has 2 N–H and O–H groups in total. The van der Waals surface area contributed by atoms with Gasteiger partial charge in [0, 0.05) is 0 Å². The van der Waals surface area contributed by atoms with E-state index in [1.54, 1.807) is 48.5 Å². The lowest BCUT2D eigenvalue weighted by Gasteiger charge is -2.28. The molecule has 1 aliphatic rings. The van der Waals surface area contributed by atoms with Gasteiger partial charge in [-0.15, -0.1) is 0 Å². The molecule has 0 atom stereocenters. The number of ether oxygens (including phenoxy) is 2. The maximum Gasteiger partial charge on any atom is 0.416 e. The third-order valence-electron chi connectivity index (χ3n) is 5.78. The number of hydrogen-bond acceptors (Lipinski definition) is 5. The summed E-state index contributed by atoms with van der Waals surface area (Å²) in [7, 11) is 3.04. The van der Waals surface area contributed by atoms with Gasteiger partial charge >= 0.3 is 6.18 Å². The van der Waals surface area contributed by atoms with Crippen molar-refractivity contribution in [2.24, 2.45) is 10.7 Å². The first kappa shape index (κ1) is 23.2. The van der Waals surface area contributed by atoms with Gasteiger partial charge in [0.2, 0.25) is 0 Å². The van der Waals surface area contributed by atoms with E-state index in [2.05, 4.69) is 4.99 Å². The number of nitrogens with zero attached hydrogens (tertiary/aromatic N) is 2. The molecule has 34 heavy (non-hydrogen) atoms. The minimum absolute atomic E-state index is 0.0817. The Labute approximate surface area is 194 Å². The van der Waals surface area contributed by atoms with Crippen molar-refractivity contribution in [1.29, 1.82) is 0 Å². The van der Waals surface area contributed by atoms with E-state index in [-0.39, 0.29) is 18.1 Å². The Kier molecular flexibility index (Phi) is 5.95. The van der Waals surface area contributed by atoms with Crippen LogP contribution >= 0.6 is 0 Å². The Morgan fingerprint density at radius 1 is 0.882 bits per heavy atom. The first-order valence-corrected chi connectivity index (χ1v) is 10.3. The van der Waals surface area contributed by atoms with Crippen LogP contribution < -0.4 is 15.2 Å². The van der Waals surface area contributed by atoms with Crippen LogP contribution in [0.5, 0.6) is 11.5 Å². The Morgan fingerprint density at radius 2 is 1.38 bits per heavy atom. The number of aliphatic imine (C=N–C) groups is 1. The molecule has 1 amide bonds. The van der Waals surface area contributed by atoms with Crippen LogP contribution in [0.25, 0.3) is 0 Å². The van der Waals surface area contributed by atoms with E-state index in [0.717, 1.165) is 11.0 Å². The van der Waals surface area contributed by atoms with Gasteiger partial charge in [0.1, 0.15) is 11.5 Å². The molecule has 0 bridgehead atoms. The lowest BCUT2D eigenvalue weighted by molar-refractivity contribution is -0.139. The van der Waals surface area contributed by atoms with Gasteiger partial charge in [-0.25, -0.2) is 4.99 Å². The zero-order valence-corrected chi connectivity index (χ0v) is 18.5. The molecule has 1 aliphatic heterocycles. The van der Waals surface area contributed by atoms with Crippen LogP contribution in [-0.4, -0.2) is 31.0 Å². The summed E-state index contributed by atoms with van der Waals surface area (Å²) in [4.78, 5) is 19.5. The van der Waals surface area contributed by atoms with Gasteiger partial charge < -0.3 is 15.2 Å². The van der Waals surface area contributed by atoms with Crippen LogP contribution in [0.4, 0.5) is 13.2 Å². The molecule has 0 radical (unpaired) electrons. The zero-order valence-electron chi connectivity index (χ0n) is 18.5. The number of amides is 1. The highest BCUT2D eigenvalue weighted by Crippen LogP contribution is 2.42. The molecule has 0 saturated heterocycles. The van der Waals surface area contributed by atoms with Crippen LogP contribution in [0.3, 0.4) is 0 Å². The number of carbonyl (C=O) groups is 1. The van der Waals surface area contributed by atoms with Gasteiger partial charge in [0.15, 0.2) is 11.5 Å². The van der Waals surface area contributed by atoms with E-state index in [1.165, 1.54) is 32.4 Å². The maximum absolute atomic E-state index is 13.9. The number of nitrogens with two attached hydrogens (primary N) is 1. The number of benzene rings is 3. The fraction of sp³-hybridized carbons (Fsp3) is 0.200. The lowest BCUT2D eigenvalue weighted by Crippen LogP contribution is -2.43. The Bertz CT molecular complexity index is 1180. The van der Waals surface area contributed by atoms with Crippen molar-refractivity contribution in [2.75, 3.05) is 14.2 Å². The zero-order chi connectivity index (χ0) is 24.5. The standard InChI is InChI=1S/C25H22F3N3O3/c1-33-19-11-7-17(8-12-19)24(18-9-13-20(34-2)14-10-18)22(32)31(23(29)30-24)15-16-5-3-4-6-21(16)25(26,27)28/h3-14H,15H2,1-2H3,(H2,29,30). The Morgan fingerprint density at radius 3 is 1.85 bits per heavy atom. The van der Waals surface area contributed by atoms with Crippen LogP contribution in [0.2, 0.25) is 0 Å². The Balaban J connectivity index is 1.82. The van der Waals surface area contributed by atoms with E-state index in [9.17, 15) is 18.0 Å². The second kappa shape index (κ2) is 8.74. The molecule has 0 aromatic heterocycles. The molecule has 0 saturated carbocycles. The van der Waals surface area contributed by atoms with E-state index < -0.39 is 23.2 Å². The highest BCUT2D eigenvalue weighted by atomic mass is 19.4. The molecule has 9 heteroatoms. The lowest BCUT2D eigenvalue weighted by atomic mass is 9.82. The molecule has 176 valence electrons. The molecular weight excluding hydrogens is 447 g/mol. The summed E-state index contributed by atoms with van der Waals surface area (Å²) in [6.45, 7) is -0.377. The average molecular weight is 469 g/mol. The highest BCUT2D eigenvalue weighted by Gasteiger charge is 2.51. The smallest absolute Gasteiger partial charge is 0.416 e. The summed E-state index contributed by atoms with van der Waals surface area (Å²) in [6.07, 6.45) is -4.58. The Hall–Kier alpha value is -4.01. The first-order chi connectivity index (χ1) is 16.2. The summed E-state index contributed by atoms with van der Waals surface area (Å²) in [6, 6.07) is 18.6. The van der Waals surface area contributed by atoms with Gasteiger partial charge in [0.05, 0.1) is 26.3 Å². The van der Waals surface area contributed by atoms with Crippen molar-refractivity contribution < 1.29 is 27.4 Å². The van der Waals surface area contributed by atoms with Crippen molar-refractivity contribution in [3.63, 3.8) is 0 Å². The normalized spacial score (nSPS) is 15.3. The molecule has 3 aromatic rings. The number of rotatable bonds is 6. The van der Waals surface area contributed by atoms with E-state index in [1.807, 2.05) is 0 Å². The molecule has 0 fully saturated rings. The fourth-order valence-corrected chi connectivity index (χ4v) is 4.04. The highest BCUT2D eigenvalue weighted by molar-refractivity contribution is 6.09. The molecule has 6 nitrogen and oxygen atoms in total. The molecule has 3 aromatic carbocycles. The quantitative estimate of drug-likeness (QED) is 0.583. The molecule has 4 rings (SSSR count). The van der Waals surface area contributed by atoms with Crippen LogP contribution in [-0.2, 0) is 23.1 Å². The topological polar surface area (TPSA) is 77.2 Å². The molecule has 0 unspecified atom stereocenters. The molecular formula is C25H22F3N3O3. The summed E-state index contributed by atoms with van der Waals surface area (Å²) in [5.74, 6) is 0.421. The number of methoxy groups -OCH3 is 2. The minimum atomic E-state index is -4.58. The fourth-order valence-electron chi connectivity index (χ4n) is 4.04. The predicted molar refractivity (Wildman–Crippen MR) is 120 cm³/mol. The van der Waals surface area contributed by atoms with Crippen molar-refractivity contribution in [3.05, 3.63) is 95.1 Å². The summed E-state index contributed by atoms with van der Waals surface area (Å²) in [5.41, 5.74) is 4.67. The van der Waals surface area contributed by atoms with E-state index in [0.29, 0.717) is 22.6 Å². The summed E-state index contributed by atoms with van der Waals surface area (Å²) < 4.78 is 51.1. The third-order valence-corrected chi connectivity index (χ3v) is 5.78. The summed E-state index contributed by atoms with van der Waals surface area (Å²) >= 11 is 0. The number of alkyl halides is 3. The monoisotopic (exact) mass is 469 g/mol.